The van der Waals surface area contributed by atoms with Crippen molar-refractivity contribution in [1.82, 2.24) is 0 Å². The quantitative estimate of drug-likeness (QED) is 0.493. The molecule has 0 saturated heterocycles. The molecule has 0 amide bonds. The summed E-state index contributed by atoms with van der Waals surface area (Å²) in [6, 6.07) is 0. The van der Waals surface area contributed by atoms with Crippen molar-refractivity contribution in [3.8, 4) is 0 Å². The van der Waals surface area contributed by atoms with Crippen molar-refractivity contribution in [1.29, 1.82) is 0 Å². The zero-order valence-electron chi connectivity index (χ0n) is 9.46. The SMILES string of the molecule is C/C=C1/CC2CC(SCCCC)C1C2. The molecular formula is C13H22S. The molecule has 3 unspecified atom stereocenters. The van der Waals surface area contributed by atoms with E-state index in [1.54, 1.807) is 5.57 Å². The van der Waals surface area contributed by atoms with Gasteiger partial charge >= 0.3 is 0 Å². The topological polar surface area (TPSA) is 0 Å². The van der Waals surface area contributed by atoms with Gasteiger partial charge in [0.2, 0.25) is 0 Å². The lowest BCUT2D eigenvalue weighted by Crippen LogP contribution is -2.15. The maximum atomic E-state index is 2.39. The normalized spacial score (nSPS) is 38.4. The van der Waals surface area contributed by atoms with Gasteiger partial charge in [-0.1, -0.05) is 25.0 Å². The Labute approximate surface area is 92.5 Å². The van der Waals surface area contributed by atoms with Crippen LogP contribution in [0.1, 0.15) is 46.0 Å². The summed E-state index contributed by atoms with van der Waals surface area (Å²) in [7, 11) is 0. The molecule has 0 N–H and O–H groups in total. The van der Waals surface area contributed by atoms with Gasteiger partial charge in [-0.25, -0.2) is 0 Å². The highest BCUT2D eigenvalue weighted by atomic mass is 32.2. The van der Waals surface area contributed by atoms with Crippen LogP contribution in [0.5, 0.6) is 0 Å². The van der Waals surface area contributed by atoms with Crippen LogP contribution in [0.3, 0.4) is 0 Å². The number of hydrogen-bond acceptors (Lipinski definition) is 1. The largest absolute Gasteiger partial charge is 0.158 e. The smallest absolute Gasteiger partial charge is 0.0115 e. The number of allylic oxidation sites excluding steroid dienone is 2. The van der Waals surface area contributed by atoms with Crippen LogP contribution in [0, 0.1) is 11.8 Å². The molecule has 2 bridgehead atoms. The molecule has 0 aromatic carbocycles. The predicted octanol–water partition coefficient (Wildman–Crippen LogP) is 4.26. The molecular weight excluding hydrogens is 188 g/mol. The second-order valence-corrected chi connectivity index (χ2v) is 6.12. The van der Waals surface area contributed by atoms with E-state index < -0.39 is 0 Å². The third-order valence-corrected chi connectivity index (χ3v) is 5.28. The van der Waals surface area contributed by atoms with Crippen LogP contribution in [0.4, 0.5) is 0 Å². The fourth-order valence-corrected chi connectivity index (χ4v) is 4.72. The van der Waals surface area contributed by atoms with Gasteiger partial charge in [0.25, 0.3) is 0 Å². The molecule has 2 rings (SSSR count). The van der Waals surface area contributed by atoms with Crippen LogP contribution in [-0.4, -0.2) is 11.0 Å². The van der Waals surface area contributed by atoms with Crippen molar-refractivity contribution in [2.45, 2.75) is 51.2 Å². The van der Waals surface area contributed by atoms with E-state index in [1.165, 1.54) is 37.9 Å². The Bertz CT molecular complexity index is 219. The molecule has 0 nitrogen and oxygen atoms in total. The van der Waals surface area contributed by atoms with E-state index in [0.29, 0.717) is 0 Å². The Hall–Kier alpha value is 0.0900. The van der Waals surface area contributed by atoms with Gasteiger partial charge in [0.15, 0.2) is 0 Å². The number of thioether (sulfide) groups is 1. The summed E-state index contributed by atoms with van der Waals surface area (Å²) in [6.45, 7) is 4.52. The standard InChI is InChI=1S/C13H22S/c1-3-5-6-14-13-9-10-7-11(4-2)12(13)8-10/h4,10,12-13H,3,5-9H2,1-2H3/b11-4-. The molecule has 0 aliphatic heterocycles. The maximum absolute atomic E-state index is 2.39. The van der Waals surface area contributed by atoms with E-state index in [1.807, 2.05) is 0 Å². The lowest BCUT2D eigenvalue weighted by atomic mass is 9.94. The highest BCUT2D eigenvalue weighted by Crippen LogP contribution is 2.52. The highest BCUT2D eigenvalue weighted by Gasteiger charge is 2.42. The van der Waals surface area contributed by atoms with E-state index in [9.17, 15) is 0 Å². The predicted molar refractivity (Wildman–Crippen MR) is 65.7 cm³/mol. The Balaban J connectivity index is 1.84. The van der Waals surface area contributed by atoms with E-state index in [4.69, 9.17) is 0 Å². The molecule has 80 valence electrons. The van der Waals surface area contributed by atoms with E-state index in [0.717, 1.165) is 17.1 Å². The summed E-state index contributed by atoms with van der Waals surface area (Å²) in [4.78, 5) is 0. The average molecular weight is 210 g/mol. The monoisotopic (exact) mass is 210 g/mol. The van der Waals surface area contributed by atoms with Gasteiger partial charge in [0.1, 0.15) is 0 Å². The fraction of sp³-hybridized carbons (Fsp3) is 0.846. The first-order valence-corrected chi connectivity index (χ1v) is 7.16. The molecule has 1 heteroatoms. The molecule has 0 heterocycles. The summed E-state index contributed by atoms with van der Waals surface area (Å²) in [5.74, 6) is 3.40. The van der Waals surface area contributed by atoms with Gasteiger partial charge in [-0.05, 0) is 50.2 Å². The molecule has 2 fully saturated rings. The summed E-state index contributed by atoms with van der Waals surface area (Å²) in [5, 5.41) is 0.978. The van der Waals surface area contributed by atoms with Crippen LogP contribution in [0.15, 0.2) is 11.6 Å². The van der Waals surface area contributed by atoms with Crippen LogP contribution < -0.4 is 0 Å². The molecule has 0 radical (unpaired) electrons. The van der Waals surface area contributed by atoms with Crippen LogP contribution in [-0.2, 0) is 0 Å². The number of rotatable bonds is 4. The van der Waals surface area contributed by atoms with E-state index in [2.05, 4.69) is 31.7 Å². The second-order valence-electron chi connectivity index (χ2n) is 4.77. The Morgan fingerprint density at radius 2 is 2.29 bits per heavy atom. The molecule has 0 spiro atoms. The second kappa shape index (κ2) is 4.74. The Morgan fingerprint density at radius 3 is 2.93 bits per heavy atom. The lowest BCUT2D eigenvalue weighted by Gasteiger charge is -2.23. The zero-order valence-corrected chi connectivity index (χ0v) is 10.3. The summed E-state index contributed by atoms with van der Waals surface area (Å²) in [6.07, 6.45) is 9.58. The van der Waals surface area contributed by atoms with Crippen molar-refractivity contribution in [2.24, 2.45) is 11.8 Å². The van der Waals surface area contributed by atoms with Gasteiger partial charge in [-0.15, -0.1) is 0 Å². The van der Waals surface area contributed by atoms with Crippen LogP contribution >= 0.6 is 11.8 Å². The maximum Gasteiger partial charge on any atom is 0.0115 e. The minimum absolute atomic E-state index is 0.965. The van der Waals surface area contributed by atoms with Gasteiger partial charge in [-0.2, -0.15) is 11.8 Å². The van der Waals surface area contributed by atoms with Crippen molar-refractivity contribution in [2.75, 3.05) is 5.75 Å². The molecule has 2 saturated carbocycles. The van der Waals surface area contributed by atoms with Gasteiger partial charge in [0.05, 0.1) is 0 Å². The molecule has 14 heavy (non-hydrogen) atoms. The van der Waals surface area contributed by atoms with Crippen LogP contribution in [0.25, 0.3) is 0 Å². The third kappa shape index (κ3) is 2.03. The fourth-order valence-electron chi connectivity index (χ4n) is 3.04. The third-order valence-electron chi connectivity index (χ3n) is 3.80. The first-order valence-electron chi connectivity index (χ1n) is 6.11. The van der Waals surface area contributed by atoms with Gasteiger partial charge in [-0.3, -0.25) is 0 Å². The minimum atomic E-state index is 0.965. The number of hydrogen-bond donors (Lipinski definition) is 0. The van der Waals surface area contributed by atoms with Gasteiger partial charge in [0, 0.05) is 5.25 Å². The van der Waals surface area contributed by atoms with E-state index >= 15 is 0 Å². The molecule has 2 aliphatic rings. The van der Waals surface area contributed by atoms with Crippen molar-refractivity contribution in [3.63, 3.8) is 0 Å². The van der Waals surface area contributed by atoms with E-state index in [-0.39, 0.29) is 0 Å². The zero-order chi connectivity index (χ0) is 9.97. The van der Waals surface area contributed by atoms with Gasteiger partial charge < -0.3 is 0 Å². The summed E-state index contributed by atoms with van der Waals surface area (Å²) < 4.78 is 0. The number of fused-ring (bicyclic) bond motifs is 2. The molecule has 0 aromatic rings. The first-order chi connectivity index (χ1) is 6.85. The molecule has 2 aliphatic carbocycles. The average Bonchev–Trinajstić information content (AvgIpc) is 2.76. The first kappa shape index (κ1) is 10.6. The Kier molecular flexibility index (Phi) is 3.59. The summed E-state index contributed by atoms with van der Waals surface area (Å²) >= 11 is 2.25. The minimum Gasteiger partial charge on any atom is -0.158 e. The lowest BCUT2D eigenvalue weighted by molar-refractivity contribution is 0.568. The highest BCUT2D eigenvalue weighted by molar-refractivity contribution is 7.99. The molecule has 3 atom stereocenters. The van der Waals surface area contributed by atoms with Crippen LogP contribution in [0.2, 0.25) is 0 Å². The van der Waals surface area contributed by atoms with Crippen molar-refractivity contribution < 1.29 is 0 Å². The number of unbranched alkanes of at least 4 members (excludes halogenated alkanes) is 1. The summed E-state index contributed by atoms with van der Waals surface area (Å²) in [5.41, 5.74) is 1.77. The van der Waals surface area contributed by atoms with Crippen molar-refractivity contribution in [3.05, 3.63) is 11.6 Å². The van der Waals surface area contributed by atoms with Crippen molar-refractivity contribution >= 4 is 11.8 Å². The Morgan fingerprint density at radius 1 is 1.43 bits per heavy atom. The molecule has 0 aromatic heterocycles.